The molecule has 0 spiro atoms. The van der Waals surface area contributed by atoms with E-state index in [0.29, 0.717) is 6.54 Å². The number of rotatable bonds is 11. The normalized spacial score (nSPS) is 16.3. The largest absolute Gasteiger partial charge is 0.481 e. The first-order valence-corrected chi connectivity index (χ1v) is 12.4. The molecule has 1 amide bonds. The molecule has 6 nitrogen and oxygen atoms in total. The first-order valence-electron chi connectivity index (χ1n) is 12.4. The van der Waals surface area contributed by atoms with Gasteiger partial charge in [-0.25, -0.2) is 4.79 Å². The van der Waals surface area contributed by atoms with Gasteiger partial charge >= 0.3 is 12.1 Å². The van der Waals surface area contributed by atoms with Gasteiger partial charge in [0.2, 0.25) is 0 Å². The van der Waals surface area contributed by atoms with E-state index in [1.54, 1.807) is 11.0 Å². The van der Waals surface area contributed by atoms with Gasteiger partial charge < -0.3 is 19.6 Å². The molecule has 3 rings (SSSR count). The number of carbonyl (C=O) groups is 2. The Hall–Kier alpha value is -3.12. The highest BCUT2D eigenvalue weighted by Crippen LogP contribution is 2.32. The zero-order chi connectivity index (χ0) is 25.3. The summed E-state index contributed by atoms with van der Waals surface area (Å²) in [4.78, 5) is 28.6. The third kappa shape index (κ3) is 7.69. The smallest absolute Gasteiger partial charge is 0.410 e. The zero-order valence-electron chi connectivity index (χ0n) is 21.0. The van der Waals surface area contributed by atoms with E-state index in [1.807, 2.05) is 68.4 Å². The van der Waals surface area contributed by atoms with E-state index >= 15 is 0 Å². The fourth-order valence-corrected chi connectivity index (χ4v) is 4.79. The van der Waals surface area contributed by atoms with E-state index in [0.717, 1.165) is 50.0 Å². The Balaban J connectivity index is 1.53. The number of carboxylic acid groups (broad SMARTS) is 1. The highest BCUT2D eigenvalue weighted by Gasteiger charge is 2.32. The summed E-state index contributed by atoms with van der Waals surface area (Å²) in [6.45, 7) is 11.2. The Labute approximate surface area is 209 Å². The topological polar surface area (TPSA) is 70.1 Å². The molecule has 2 aromatic carbocycles. The Morgan fingerprint density at radius 2 is 1.80 bits per heavy atom. The van der Waals surface area contributed by atoms with Gasteiger partial charge in [0.15, 0.2) is 0 Å². The van der Waals surface area contributed by atoms with Gasteiger partial charge in [0.05, 0.1) is 6.42 Å². The second-order valence-electron chi connectivity index (χ2n) is 9.80. The molecular weight excluding hydrogens is 440 g/mol. The molecule has 1 aliphatic heterocycles. The molecule has 1 atom stereocenters. The average Bonchev–Trinajstić information content (AvgIpc) is 2.86. The lowest BCUT2D eigenvalue weighted by atomic mass is 9.76. The van der Waals surface area contributed by atoms with E-state index in [9.17, 15) is 14.7 Å². The first kappa shape index (κ1) is 26.5. The molecule has 0 bridgehead atoms. The van der Waals surface area contributed by atoms with Gasteiger partial charge in [-0.05, 0) is 43.9 Å². The van der Waals surface area contributed by atoms with Gasteiger partial charge in [-0.15, -0.1) is 6.58 Å². The number of aliphatic carboxylic acids is 1. The molecule has 0 saturated carbocycles. The fraction of sp³-hybridized carbons (Fsp3) is 0.448. The fourth-order valence-electron chi connectivity index (χ4n) is 4.79. The number of carbonyl (C=O) groups excluding carboxylic acids is 1. The van der Waals surface area contributed by atoms with Crippen LogP contribution in [0.25, 0.3) is 0 Å². The monoisotopic (exact) mass is 478 g/mol. The molecule has 6 heteroatoms. The van der Waals surface area contributed by atoms with Crippen molar-refractivity contribution in [3.8, 4) is 0 Å². The average molecular weight is 479 g/mol. The standard InChI is InChI=1S/C29H38N2O4/c1-4-17-31(28(34)35-22-24-12-10-23(2)11-13-24)26-14-18-30(19-15-26)20-16-29(3,21-27(32)33)25-8-6-5-7-9-25/h4-13,26H,1,14-22H2,2-3H3,(H,32,33). The number of piperidine rings is 1. The van der Waals surface area contributed by atoms with Gasteiger partial charge in [-0.1, -0.05) is 73.2 Å². The van der Waals surface area contributed by atoms with Crippen LogP contribution in [0.4, 0.5) is 4.79 Å². The Kier molecular flexibility index (Phi) is 9.49. The SMILES string of the molecule is C=CCN(C(=O)OCc1ccc(C)cc1)C1CCN(CCC(C)(CC(=O)O)c2ccccc2)CC1. The van der Waals surface area contributed by atoms with Crippen molar-refractivity contribution < 1.29 is 19.4 Å². The minimum absolute atomic E-state index is 0.105. The van der Waals surface area contributed by atoms with Gasteiger partial charge in [-0.3, -0.25) is 4.79 Å². The number of aryl methyl sites for hydroxylation is 1. The van der Waals surface area contributed by atoms with Crippen LogP contribution in [0.3, 0.4) is 0 Å². The van der Waals surface area contributed by atoms with Crippen LogP contribution in [0, 0.1) is 6.92 Å². The molecule has 0 aromatic heterocycles. The molecule has 1 N–H and O–H groups in total. The van der Waals surface area contributed by atoms with Crippen molar-refractivity contribution in [3.05, 3.63) is 83.9 Å². The van der Waals surface area contributed by atoms with Crippen molar-refractivity contribution in [1.82, 2.24) is 9.80 Å². The number of carboxylic acids is 1. The van der Waals surface area contributed by atoms with Crippen LogP contribution < -0.4 is 0 Å². The Morgan fingerprint density at radius 3 is 2.40 bits per heavy atom. The van der Waals surface area contributed by atoms with Gasteiger partial charge in [0.25, 0.3) is 0 Å². The number of hydrogen-bond acceptors (Lipinski definition) is 4. The summed E-state index contributed by atoms with van der Waals surface area (Å²) in [5.74, 6) is -0.778. The molecule has 1 fully saturated rings. The second kappa shape index (κ2) is 12.5. The number of hydrogen-bond donors (Lipinski definition) is 1. The van der Waals surface area contributed by atoms with Crippen LogP contribution in [-0.4, -0.2) is 59.2 Å². The molecule has 1 aliphatic rings. The maximum absolute atomic E-state index is 12.9. The molecule has 1 saturated heterocycles. The van der Waals surface area contributed by atoms with Crippen molar-refractivity contribution in [2.75, 3.05) is 26.2 Å². The Morgan fingerprint density at radius 1 is 1.14 bits per heavy atom. The van der Waals surface area contributed by atoms with Gasteiger partial charge in [0, 0.05) is 31.1 Å². The minimum atomic E-state index is -0.778. The highest BCUT2D eigenvalue weighted by molar-refractivity contribution is 5.69. The first-order chi connectivity index (χ1) is 16.8. The van der Waals surface area contributed by atoms with Crippen molar-refractivity contribution in [3.63, 3.8) is 0 Å². The van der Waals surface area contributed by atoms with E-state index in [2.05, 4.69) is 11.5 Å². The highest BCUT2D eigenvalue weighted by atomic mass is 16.6. The van der Waals surface area contributed by atoms with Crippen LogP contribution in [-0.2, 0) is 21.6 Å². The molecule has 188 valence electrons. The molecule has 2 aromatic rings. The molecule has 1 heterocycles. The number of ether oxygens (including phenoxy) is 1. The lowest BCUT2D eigenvalue weighted by Gasteiger charge is -2.39. The summed E-state index contributed by atoms with van der Waals surface area (Å²) >= 11 is 0. The summed E-state index contributed by atoms with van der Waals surface area (Å²) in [6.07, 6.45) is 4.03. The quantitative estimate of drug-likeness (QED) is 0.438. The van der Waals surface area contributed by atoms with Crippen molar-refractivity contribution in [1.29, 1.82) is 0 Å². The predicted molar refractivity (Wildman–Crippen MR) is 138 cm³/mol. The number of amides is 1. The van der Waals surface area contributed by atoms with Crippen LogP contribution in [0.5, 0.6) is 0 Å². The van der Waals surface area contributed by atoms with E-state index in [-0.39, 0.29) is 25.2 Å². The lowest BCUT2D eigenvalue weighted by Crippen LogP contribution is -2.48. The zero-order valence-corrected chi connectivity index (χ0v) is 21.0. The third-order valence-corrected chi connectivity index (χ3v) is 7.03. The minimum Gasteiger partial charge on any atom is -0.481 e. The summed E-state index contributed by atoms with van der Waals surface area (Å²) in [6, 6.07) is 18.0. The van der Waals surface area contributed by atoms with E-state index < -0.39 is 11.4 Å². The maximum Gasteiger partial charge on any atom is 0.410 e. The lowest BCUT2D eigenvalue weighted by molar-refractivity contribution is -0.138. The van der Waals surface area contributed by atoms with Crippen molar-refractivity contribution >= 4 is 12.1 Å². The number of benzene rings is 2. The molecular formula is C29H38N2O4. The molecule has 0 aliphatic carbocycles. The van der Waals surface area contributed by atoms with Gasteiger partial charge in [-0.2, -0.15) is 0 Å². The second-order valence-corrected chi connectivity index (χ2v) is 9.80. The molecule has 1 unspecified atom stereocenters. The summed E-state index contributed by atoms with van der Waals surface area (Å²) in [5.41, 5.74) is 2.79. The molecule has 35 heavy (non-hydrogen) atoms. The van der Waals surface area contributed by atoms with Gasteiger partial charge in [0.1, 0.15) is 6.61 Å². The third-order valence-electron chi connectivity index (χ3n) is 7.03. The van der Waals surface area contributed by atoms with Crippen molar-refractivity contribution in [2.45, 2.75) is 57.6 Å². The molecule has 0 radical (unpaired) electrons. The van der Waals surface area contributed by atoms with E-state index in [1.165, 1.54) is 5.56 Å². The summed E-state index contributed by atoms with van der Waals surface area (Å²) < 4.78 is 5.61. The van der Waals surface area contributed by atoms with Crippen molar-refractivity contribution in [2.24, 2.45) is 0 Å². The number of likely N-dealkylation sites (tertiary alicyclic amines) is 1. The van der Waals surface area contributed by atoms with Crippen LogP contribution in [0.1, 0.15) is 49.3 Å². The van der Waals surface area contributed by atoms with Crippen LogP contribution >= 0.6 is 0 Å². The van der Waals surface area contributed by atoms with Crippen LogP contribution in [0.2, 0.25) is 0 Å². The maximum atomic E-state index is 12.9. The van der Waals surface area contributed by atoms with Crippen LogP contribution in [0.15, 0.2) is 67.3 Å². The predicted octanol–water partition coefficient (Wildman–Crippen LogP) is 5.41. The number of nitrogens with zero attached hydrogens (tertiary/aromatic N) is 2. The Bertz CT molecular complexity index is 968. The summed E-state index contributed by atoms with van der Waals surface area (Å²) in [5, 5.41) is 9.50. The summed E-state index contributed by atoms with van der Waals surface area (Å²) in [7, 11) is 0. The van der Waals surface area contributed by atoms with E-state index in [4.69, 9.17) is 4.74 Å².